The number of piperidine rings is 1. The van der Waals surface area contributed by atoms with Crippen molar-refractivity contribution < 1.29 is 0 Å². The van der Waals surface area contributed by atoms with E-state index in [4.69, 9.17) is 5.73 Å². The van der Waals surface area contributed by atoms with E-state index in [0.29, 0.717) is 12.0 Å². The minimum Gasteiger partial charge on any atom is -0.370 e. The highest BCUT2D eigenvalue weighted by Gasteiger charge is 2.16. The van der Waals surface area contributed by atoms with E-state index in [-0.39, 0.29) is 0 Å². The molecule has 1 aromatic rings. The molecule has 1 aromatic carbocycles. The lowest BCUT2D eigenvalue weighted by Crippen LogP contribution is -2.39. The number of guanidine groups is 1. The Hall–Kier alpha value is -1.55. The number of anilines is 1. The van der Waals surface area contributed by atoms with Crippen LogP contribution >= 0.6 is 0 Å². The molecular weight excluding hydrogens is 248 g/mol. The molecule has 1 fully saturated rings. The number of aryl methyl sites for hydroxylation is 1. The molecule has 1 unspecified atom stereocenters. The summed E-state index contributed by atoms with van der Waals surface area (Å²) in [5.41, 5.74) is 8.14. The summed E-state index contributed by atoms with van der Waals surface area (Å²) in [7, 11) is 0. The Morgan fingerprint density at radius 2 is 2.10 bits per heavy atom. The fourth-order valence-electron chi connectivity index (χ4n) is 2.61. The van der Waals surface area contributed by atoms with Gasteiger partial charge in [0, 0.05) is 18.3 Å². The third kappa shape index (κ3) is 4.53. The number of hydrogen-bond donors (Lipinski definition) is 2. The summed E-state index contributed by atoms with van der Waals surface area (Å²) in [5, 5.41) is 3.13. The number of likely N-dealkylation sites (tertiary alicyclic amines) is 1. The van der Waals surface area contributed by atoms with Crippen molar-refractivity contribution in [2.75, 3.05) is 25.0 Å². The van der Waals surface area contributed by atoms with E-state index in [0.717, 1.165) is 18.8 Å². The summed E-state index contributed by atoms with van der Waals surface area (Å²) in [6.07, 6.45) is 3.98. The molecule has 0 aromatic heterocycles. The Bertz CT molecular complexity index is 438. The molecule has 0 spiro atoms. The Morgan fingerprint density at radius 3 is 2.80 bits per heavy atom. The lowest BCUT2D eigenvalue weighted by molar-refractivity contribution is 0.166. The number of rotatable bonds is 4. The molecule has 3 N–H and O–H groups in total. The minimum absolute atomic E-state index is 0.499. The predicted octanol–water partition coefficient (Wildman–Crippen LogP) is 2.60. The summed E-state index contributed by atoms with van der Waals surface area (Å²) in [6, 6.07) is 8.84. The first kappa shape index (κ1) is 14.9. The van der Waals surface area contributed by atoms with Gasteiger partial charge in [-0.1, -0.05) is 24.1 Å². The first-order chi connectivity index (χ1) is 9.65. The molecule has 1 atom stereocenters. The van der Waals surface area contributed by atoms with E-state index in [2.05, 4.69) is 41.2 Å². The number of nitrogens with zero attached hydrogens (tertiary/aromatic N) is 2. The number of nitrogens with two attached hydrogens (primary N) is 1. The number of benzene rings is 1. The summed E-state index contributed by atoms with van der Waals surface area (Å²) in [6.45, 7) is 7.33. The second kappa shape index (κ2) is 7.29. The van der Waals surface area contributed by atoms with Gasteiger partial charge < -0.3 is 11.1 Å². The lowest BCUT2D eigenvalue weighted by Gasteiger charge is -2.32. The highest BCUT2D eigenvalue weighted by Crippen LogP contribution is 2.15. The third-order valence-electron chi connectivity index (χ3n) is 3.93. The van der Waals surface area contributed by atoms with Crippen LogP contribution in [0.25, 0.3) is 0 Å². The smallest absolute Gasteiger partial charge is 0.193 e. The number of aliphatic imine (C=N–C) groups is 1. The lowest BCUT2D eigenvalue weighted by atomic mass is 10.0. The molecule has 1 aliphatic heterocycles. The van der Waals surface area contributed by atoms with Crippen LogP contribution in [-0.4, -0.2) is 36.5 Å². The van der Waals surface area contributed by atoms with Gasteiger partial charge in [0.05, 0.1) is 6.54 Å². The normalized spacial score (nSPS) is 20.9. The molecule has 0 radical (unpaired) electrons. The zero-order chi connectivity index (χ0) is 14.4. The molecule has 0 amide bonds. The van der Waals surface area contributed by atoms with Gasteiger partial charge in [-0.2, -0.15) is 0 Å². The number of nitrogens with one attached hydrogen (secondary N) is 1. The monoisotopic (exact) mass is 274 g/mol. The van der Waals surface area contributed by atoms with E-state index < -0.39 is 0 Å². The molecule has 0 aliphatic carbocycles. The first-order valence-corrected chi connectivity index (χ1v) is 7.53. The maximum atomic E-state index is 5.91. The van der Waals surface area contributed by atoms with Crippen LogP contribution in [0, 0.1) is 6.92 Å². The van der Waals surface area contributed by atoms with Crippen LogP contribution in [0.15, 0.2) is 29.3 Å². The zero-order valence-electron chi connectivity index (χ0n) is 12.6. The van der Waals surface area contributed by atoms with Crippen molar-refractivity contribution in [2.45, 2.75) is 39.2 Å². The molecular formula is C16H26N4. The van der Waals surface area contributed by atoms with Crippen LogP contribution in [0.4, 0.5) is 5.69 Å². The quantitative estimate of drug-likeness (QED) is 0.655. The average Bonchev–Trinajstić information content (AvgIpc) is 2.43. The van der Waals surface area contributed by atoms with Crippen LogP contribution in [0.1, 0.15) is 31.7 Å². The fourth-order valence-corrected chi connectivity index (χ4v) is 2.61. The summed E-state index contributed by atoms with van der Waals surface area (Å²) >= 11 is 0. The van der Waals surface area contributed by atoms with Crippen molar-refractivity contribution in [3.63, 3.8) is 0 Å². The maximum absolute atomic E-state index is 5.91. The molecule has 110 valence electrons. The van der Waals surface area contributed by atoms with Crippen molar-refractivity contribution in [3.05, 3.63) is 29.8 Å². The summed E-state index contributed by atoms with van der Waals surface area (Å²) < 4.78 is 0. The first-order valence-electron chi connectivity index (χ1n) is 7.53. The van der Waals surface area contributed by atoms with Crippen LogP contribution in [0.3, 0.4) is 0 Å². The van der Waals surface area contributed by atoms with Gasteiger partial charge in [0.2, 0.25) is 0 Å². The summed E-state index contributed by atoms with van der Waals surface area (Å²) in [5.74, 6) is 0.499. The van der Waals surface area contributed by atoms with Crippen molar-refractivity contribution >= 4 is 11.6 Å². The van der Waals surface area contributed by atoms with Gasteiger partial charge in [-0.05, 0) is 45.4 Å². The molecule has 1 saturated heterocycles. The molecule has 1 aliphatic rings. The standard InChI is InChI=1S/C16H26N4/c1-13-6-8-15(9-7-13)19-16(17)18-10-12-20-11-4-3-5-14(20)2/h6-9,14H,3-5,10-12H2,1-2H3,(H3,17,18,19). The Balaban J connectivity index is 1.77. The highest BCUT2D eigenvalue weighted by molar-refractivity contribution is 5.92. The van der Waals surface area contributed by atoms with E-state index >= 15 is 0 Å². The van der Waals surface area contributed by atoms with Crippen LogP contribution in [-0.2, 0) is 0 Å². The minimum atomic E-state index is 0.499. The van der Waals surface area contributed by atoms with E-state index in [1.807, 2.05) is 12.1 Å². The maximum Gasteiger partial charge on any atom is 0.193 e. The fraction of sp³-hybridized carbons (Fsp3) is 0.562. The second-order valence-electron chi connectivity index (χ2n) is 5.64. The van der Waals surface area contributed by atoms with Crippen LogP contribution in [0.5, 0.6) is 0 Å². The largest absolute Gasteiger partial charge is 0.370 e. The topological polar surface area (TPSA) is 53.6 Å². The summed E-state index contributed by atoms with van der Waals surface area (Å²) in [4.78, 5) is 6.92. The van der Waals surface area contributed by atoms with Gasteiger partial charge in [0.15, 0.2) is 5.96 Å². The van der Waals surface area contributed by atoms with E-state index in [9.17, 15) is 0 Å². The number of hydrogen-bond acceptors (Lipinski definition) is 2. The molecule has 2 rings (SSSR count). The Labute approximate surface area is 122 Å². The zero-order valence-corrected chi connectivity index (χ0v) is 12.6. The highest BCUT2D eigenvalue weighted by atomic mass is 15.2. The average molecular weight is 274 g/mol. The second-order valence-corrected chi connectivity index (χ2v) is 5.64. The molecule has 0 bridgehead atoms. The van der Waals surface area contributed by atoms with Gasteiger partial charge in [-0.3, -0.25) is 9.89 Å². The molecule has 4 nitrogen and oxygen atoms in total. The van der Waals surface area contributed by atoms with Gasteiger partial charge in [-0.25, -0.2) is 0 Å². The van der Waals surface area contributed by atoms with Crippen LogP contribution in [0.2, 0.25) is 0 Å². The molecule has 20 heavy (non-hydrogen) atoms. The third-order valence-corrected chi connectivity index (χ3v) is 3.93. The Morgan fingerprint density at radius 1 is 1.35 bits per heavy atom. The van der Waals surface area contributed by atoms with E-state index in [1.165, 1.54) is 31.4 Å². The Kier molecular flexibility index (Phi) is 5.41. The van der Waals surface area contributed by atoms with E-state index in [1.54, 1.807) is 0 Å². The SMILES string of the molecule is Cc1ccc(NC(N)=NCCN2CCCCC2C)cc1. The van der Waals surface area contributed by atoms with Gasteiger partial charge >= 0.3 is 0 Å². The van der Waals surface area contributed by atoms with Gasteiger partial charge in [0.1, 0.15) is 0 Å². The van der Waals surface area contributed by atoms with Crippen LogP contribution < -0.4 is 11.1 Å². The van der Waals surface area contributed by atoms with Crippen molar-refractivity contribution in [1.82, 2.24) is 4.90 Å². The van der Waals surface area contributed by atoms with Crippen molar-refractivity contribution in [1.29, 1.82) is 0 Å². The predicted molar refractivity (Wildman–Crippen MR) is 86.2 cm³/mol. The van der Waals surface area contributed by atoms with Gasteiger partial charge in [-0.15, -0.1) is 0 Å². The molecule has 0 saturated carbocycles. The van der Waals surface area contributed by atoms with Gasteiger partial charge in [0.25, 0.3) is 0 Å². The molecule has 1 heterocycles. The molecule has 4 heteroatoms. The van der Waals surface area contributed by atoms with Crippen molar-refractivity contribution in [3.8, 4) is 0 Å². The van der Waals surface area contributed by atoms with Crippen molar-refractivity contribution in [2.24, 2.45) is 10.7 Å².